The van der Waals surface area contributed by atoms with Gasteiger partial charge in [0.25, 0.3) is 5.56 Å². The maximum absolute atomic E-state index is 12.7. The predicted octanol–water partition coefficient (Wildman–Crippen LogP) is 3.89. The summed E-state index contributed by atoms with van der Waals surface area (Å²) in [7, 11) is 0. The van der Waals surface area contributed by atoms with Crippen LogP contribution in [0.2, 0.25) is 0 Å². The third-order valence-corrected chi connectivity index (χ3v) is 3.88. The van der Waals surface area contributed by atoms with Gasteiger partial charge in [0, 0.05) is 17.0 Å². The van der Waals surface area contributed by atoms with Crippen LogP contribution in [0, 0.1) is 0 Å². The molecule has 0 spiro atoms. The number of hydrogen-bond acceptors (Lipinski definition) is 2. The summed E-state index contributed by atoms with van der Waals surface area (Å²) < 4.78 is 39.2. The zero-order valence-electron chi connectivity index (χ0n) is 12.1. The smallest absolute Gasteiger partial charge is 0.288 e. The molecule has 0 saturated carbocycles. The highest BCUT2D eigenvalue weighted by Crippen LogP contribution is 2.29. The van der Waals surface area contributed by atoms with Crippen LogP contribution in [-0.2, 0) is 6.18 Å². The quantitative estimate of drug-likeness (QED) is 0.576. The molecule has 1 N–H and O–H groups in total. The third-order valence-electron chi connectivity index (χ3n) is 3.88. The summed E-state index contributed by atoms with van der Waals surface area (Å²) in [6, 6.07) is 11.8. The van der Waals surface area contributed by atoms with Gasteiger partial charge in [-0.25, -0.2) is 9.67 Å². The average Bonchev–Trinajstić information content (AvgIpc) is 2.92. The minimum Gasteiger partial charge on any atom is -0.288 e. The maximum Gasteiger partial charge on any atom is 0.416 e. The van der Waals surface area contributed by atoms with Crippen molar-refractivity contribution in [3.05, 3.63) is 70.6 Å². The Kier molecular flexibility index (Phi) is 2.99. The summed E-state index contributed by atoms with van der Waals surface area (Å²) in [6.45, 7) is 0. The number of benzene rings is 2. The molecule has 0 saturated heterocycles. The van der Waals surface area contributed by atoms with Crippen molar-refractivity contribution in [1.29, 1.82) is 0 Å². The molecule has 2 aromatic carbocycles. The summed E-state index contributed by atoms with van der Waals surface area (Å²) in [5.74, 6) is 0. The fraction of sp³-hybridized carbons (Fsp3) is 0.0588. The molecule has 2 heterocycles. The largest absolute Gasteiger partial charge is 0.416 e. The lowest BCUT2D eigenvalue weighted by Crippen LogP contribution is -2.15. The molecule has 0 radical (unpaired) electrons. The SMILES string of the molecule is O=c1c2ncc3ccccc3c2[nH]n1-c1ccc(C(F)(F)F)cc1. The van der Waals surface area contributed by atoms with Gasteiger partial charge >= 0.3 is 6.18 Å². The van der Waals surface area contributed by atoms with E-state index in [2.05, 4.69) is 10.1 Å². The van der Waals surface area contributed by atoms with Crippen LogP contribution in [0.3, 0.4) is 0 Å². The Bertz CT molecular complexity index is 1110. The summed E-state index contributed by atoms with van der Waals surface area (Å²) in [5, 5.41) is 4.63. The first-order valence-electron chi connectivity index (χ1n) is 7.11. The predicted molar refractivity (Wildman–Crippen MR) is 84.2 cm³/mol. The van der Waals surface area contributed by atoms with Gasteiger partial charge in [0.2, 0.25) is 0 Å². The Morgan fingerprint density at radius 3 is 2.42 bits per heavy atom. The topological polar surface area (TPSA) is 50.7 Å². The Morgan fingerprint density at radius 2 is 1.71 bits per heavy atom. The highest BCUT2D eigenvalue weighted by Gasteiger charge is 2.30. The first kappa shape index (κ1) is 14.5. The van der Waals surface area contributed by atoms with Crippen molar-refractivity contribution in [3.63, 3.8) is 0 Å². The van der Waals surface area contributed by atoms with Crippen LogP contribution in [0.4, 0.5) is 13.2 Å². The molecule has 120 valence electrons. The zero-order valence-corrected chi connectivity index (χ0v) is 12.1. The van der Waals surface area contributed by atoms with Crippen molar-refractivity contribution in [1.82, 2.24) is 14.8 Å². The number of hydrogen-bond donors (Lipinski definition) is 1. The summed E-state index contributed by atoms with van der Waals surface area (Å²) >= 11 is 0. The molecule has 0 amide bonds. The van der Waals surface area contributed by atoms with Crippen LogP contribution < -0.4 is 5.56 Å². The van der Waals surface area contributed by atoms with Gasteiger partial charge in [0.1, 0.15) is 0 Å². The van der Waals surface area contributed by atoms with Crippen LogP contribution in [-0.4, -0.2) is 14.8 Å². The first-order chi connectivity index (χ1) is 11.4. The van der Waals surface area contributed by atoms with E-state index in [1.54, 1.807) is 6.20 Å². The van der Waals surface area contributed by atoms with Crippen molar-refractivity contribution in [2.45, 2.75) is 6.18 Å². The molecule has 2 aromatic heterocycles. The van der Waals surface area contributed by atoms with Crippen LogP contribution in [0.25, 0.3) is 27.5 Å². The molecule has 0 aliphatic heterocycles. The van der Waals surface area contributed by atoms with Gasteiger partial charge in [-0.2, -0.15) is 13.2 Å². The Morgan fingerprint density at radius 1 is 1.00 bits per heavy atom. The second-order valence-electron chi connectivity index (χ2n) is 5.37. The fourth-order valence-corrected chi connectivity index (χ4v) is 2.69. The number of alkyl halides is 3. The summed E-state index contributed by atoms with van der Waals surface area (Å²) in [6.07, 6.45) is -2.81. The minimum absolute atomic E-state index is 0.244. The van der Waals surface area contributed by atoms with Gasteiger partial charge in [-0.3, -0.25) is 9.89 Å². The lowest BCUT2D eigenvalue weighted by Gasteiger charge is -2.07. The number of pyridine rings is 1. The van der Waals surface area contributed by atoms with Crippen molar-refractivity contribution >= 4 is 21.8 Å². The van der Waals surface area contributed by atoms with Gasteiger partial charge in [-0.15, -0.1) is 0 Å². The van der Waals surface area contributed by atoms with E-state index in [0.29, 0.717) is 11.2 Å². The molecule has 4 rings (SSSR count). The van der Waals surface area contributed by atoms with Crippen molar-refractivity contribution in [3.8, 4) is 5.69 Å². The second kappa shape index (κ2) is 4.95. The lowest BCUT2D eigenvalue weighted by molar-refractivity contribution is -0.137. The number of H-pyrrole nitrogens is 1. The zero-order chi connectivity index (χ0) is 16.9. The van der Waals surface area contributed by atoms with E-state index < -0.39 is 17.3 Å². The molecule has 0 unspecified atom stereocenters. The maximum atomic E-state index is 12.7. The standard InChI is InChI=1S/C17H10F3N3O/c18-17(19,20)11-5-7-12(8-6-11)23-16(24)15-14(22-23)13-4-2-1-3-10(13)9-21-15/h1-9,22H. The van der Waals surface area contributed by atoms with Gasteiger partial charge < -0.3 is 0 Å². The number of aromatic amines is 1. The van der Waals surface area contributed by atoms with Crippen molar-refractivity contribution in [2.75, 3.05) is 0 Å². The minimum atomic E-state index is -4.41. The number of aromatic nitrogens is 3. The third kappa shape index (κ3) is 2.17. The average molecular weight is 329 g/mol. The van der Waals surface area contributed by atoms with E-state index in [4.69, 9.17) is 0 Å². The van der Waals surface area contributed by atoms with Crippen LogP contribution in [0.1, 0.15) is 5.56 Å². The lowest BCUT2D eigenvalue weighted by atomic mass is 10.1. The number of fused-ring (bicyclic) bond motifs is 3. The van der Waals surface area contributed by atoms with Crippen LogP contribution in [0.15, 0.2) is 59.5 Å². The van der Waals surface area contributed by atoms with Gasteiger partial charge in [-0.05, 0) is 24.3 Å². The Hall–Kier alpha value is -3.09. The van der Waals surface area contributed by atoms with E-state index in [1.165, 1.54) is 16.8 Å². The highest BCUT2D eigenvalue weighted by atomic mass is 19.4. The monoisotopic (exact) mass is 329 g/mol. The van der Waals surface area contributed by atoms with E-state index in [1.807, 2.05) is 24.3 Å². The van der Waals surface area contributed by atoms with E-state index >= 15 is 0 Å². The number of nitrogens with zero attached hydrogens (tertiary/aromatic N) is 2. The van der Waals surface area contributed by atoms with Crippen LogP contribution in [0.5, 0.6) is 0 Å². The van der Waals surface area contributed by atoms with Crippen LogP contribution >= 0.6 is 0 Å². The molecule has 0 aliphatic carbocycles. The molecule has 0 fully saturated rings. The Balaban J connectivity index is 1.93. The van der Waals surface area contributed by atoms with Crippen molar-refractivity contribution < 1.29 is 13.2 Å². The summed E-state index contributed by atoms with van der Waals surface area (Å²) in [4.78, 5) is 16.7. The second-order valence-corrected chi connectivity index (χ2v) is 5.37. The first-order valence-corrected chi connectivity index (χ1v) is 7.11. The van der Waals surface area contributed by atoms with Gasteiger partial charge in [0.05, 0.1) is 16.8 Å². The molecular weight excluding hydrogens is 319 g/mol. The molecular formula is C17H10F3N3O. The highest BCUT2D eigenvalue weighted by molar-refractivity contribution is 6.02. The van der Waals surface area contributed by atoms with Crippen molar-refractivity contribution in [2.24, 2.45) is 0 Å². The van der Waals surface area contributed by atoms with Gasteiger partial charge in [0.15, 0.2) is 5.52 Å². The molecule has 0 aliphatic rings. The molecule has 4 nitrogen and oxygen atoms in total. The molecule has 4 aromatic rings. The molecule has 7 heteroatoms. The molecule has 24 heavy (non-hydrogen) atoms. The molecule has 0 bridgehead atoms. The van der Waals surface area contributed by atoms with E-state index in [9.17, 15) is 18.0 Å². The number of rotatable bonds is 1. The Labute approximate surface area is 133 Å². The normalized spacial score (nSPS) is 12.1. The number of halogens is 3. The van der Waals surface area contributed by atoms with E-state index in [-0.39, 0.29) is 5.52 Å². The molecule has 0 atom stereocenters. The fourth-order valence-electron chi connectivity index (χ4n) is 2.69. The number of nitrogens with one attached hydrogen (secondary N) is 1. The van der Waals surface area contributed by atoms with Gasteiger partial charge in [-0.1, -0.05) is 24.3 Å². The van der Waals surface area contributed by atoms with E-state index in [0.717, 1.165) is 22.9 Å². The summed E-state index contributed by atoms with van der Waals surface area (Å²) in [5.41, 5.74) is -0.0591.